The molecule has 0 aliphatic heterocycles. The van der Waals surface area contributed by atoms with Gasteiger partial charge in [-0.25, -0.2) is 4.98 Å². The Kier molecular flexibility index (Phi) is 3.18. The van der Waals surface area contributed by atoms with E-state index in [1.54, 1.807) is 35.4 Å². The van der Waals surface area contributed by atoms with Crippen molar-refractivity contribution >= 4 is 28.6 Å². The Morgan fingerprint density at radius 1 is 1.50 bits per heavy atom. The van der Waals surface area contributed by atoms with Gasteiger partial charge in [0.2, 0.25) is 0 Å². The molecule has 6 heteroatoms. The van der Waals surface area contributed by atoms with Gasteiger partial charge in [0, 0.05) is 13.1 Å². The minimum Gasteiger partial charge on any atom is -0.425 e. The molecule has 0 fully saturated rings. The number of ether oxygens (including phenoxy) is 1. The number of rotatable bonds is 2. The number of carbonyl (C=O) groups excluding carboxylic acids is 1. The molecule has 0 bridgehead atoms. The van der Waals surface area contributed by atoms with E-state index in [2.05, 4.69) is 32.6 Å². The highest BCUT2D eigenvalue weighted by Crippen LogP contribution is 2.15. The van der Waals surface area contributed by atoms with Crippen molar-refractivity contribution in [2.24, 2.45) is 0 Å². The maximum Gasteiger partial charge on any atom is 0.308 e. The normalized spacial score (nSPS) is 10.1. The van der Waals surface area contributed by atoms with E-state index in [0.29, 0.717) is 11.6 Å². The average Bonchev–Trinajstić information content (AvgIpc) is 2.65. The first kappa shape index (κ1) is 11.1. The highest BCUT2D eigenvalue weighted by Gasteiger charge is 2.03. The molecule has 0 atom stereocenters. The van der Waals surface area contributed by atoms with Gasteiger partial charge in [-0.15, -0.1) is 0 Å². The Morgan fingerprint density at radius 2 is 2.31 bits per heavy atom. The number of hydrogen-bond acceptors (Lipinski definition) is 4. The molecule has 0 N–H and O–H groups in total. The molecular formula is C10H8IN3O2. The van der Waals surface area contributed by atoms with E-state index < -0.39 is 0 Å². The van der Waals surface area contributed by atoms with Crippen molar-refractivity contribution in [2.75, 3.05) is 0 Å². The monoisotopic (exact) mass is 329 g/mol. The van der Waals surface area contributed by atoms with Gasteiger partial charge in [-0.3, -0.25) is 9.78 Å². The molecule has 0 amide bonds. The Labute approximate surface area is 106 Å². The van der Waals surface area contributed by atoms with Crippen LogP contribution in [0.3, 0.4) is 0 Å². The van der Waals surface area contributed by atoms with Crippen molar-refractivity contribution in [2.45, 2.75) is 6.92 Å². The second kappa shape index (κ2) is 4.60. The van der Waals surface area contributed by atoms with Crippen LogP contribution in [0.25, 0.3) is 5.82 Å². The van der Waals surface area contributed by atoms with Crippen molar-refractivity contribution in [1.82, 2.24) is 14.5 Å². The van der Waals surface area contributed by atoms with Gasteiger partial charge in [-0.1, -0.05) is 0 Å². The zero-order valence-corrected chi connectivity index (χ0v) is 10.6. The zero-order valence-electron chi connectivity index (χ0n) is 8.42. The van der Waals surface area contributed by atoms with E-state index in [4.69, 9.17) is 4.74 Å². The van der Waals surface area contributed by atoms with E-state index in [0.717, 1.165) is 3.70 Å². The molecule has 0 saturated heterocycles. The van der Waals surface area contributed by atoms with Crippen LogP contribution in [0, 0.1) is 3.70 Å². The molecule has 0 unspecified atom stereocenters. The first-order valence-corrected chi connectivity index (χ1v) is 5.57. The highest BCUT2D eigenvalue weighted by atomic mass is 127. The quantitative estimate of drug-likeness (QED) is 0.623. The smallest absolute Gasteiger partial charge is 0.308 e. The maximum atomic E-state index is 10.8. The summed E-state index contributed by atoms with van der Waals surface area (Å²) in [7, 11) is 0. The molecule has 0 spiro atoms. The molecule has 0 saturated carbocycles. The van der Waals surface area contributed by atoms with E-state index in [-0.39, 0.29) is 5.97 Å². The van der Waals surface area contributed by atoms with Gasteiger partial charge in [-0.2, -0.15) is 0 Å². The summed E-state index contributed by atoms with van der Waals surface area (Å²) >= 11 is 2.09. The van der Waals surface area contributed by atoms with Gasteiger partial charge in [0.1, 0.15) is 9.45 Å². The van der Waals surface area contributed by atoms with Gasteiger partial charge in [0.15, 0.2) is 5.82 Å². The minimum absolute atomic E-state index is 0.341. The molecule has 82 valence electrons. The van der Waals surface area contributed by atoms with Crippen LogP contribution in [0.4, 0.5) is 0 Å². The summed E-state index contributed by atoms with van der Waals surface area (Å²) in [5.74, 6) is 0.838. The molecular weight excluding hydrogens is 321 g/mol. The molecule has 0 aromatic carbocycles. The number of halogens is 1. The summed E-state index contributed by atoms with van der Waals surface area (Å²) in [4.78, 5) is 19.1. The van der Waals surface area contributed by atoms with Gasteiger partial charge in [0.05, 0.1) is 18.6 Å². The van der Waals surface area contributed by atoms with Crippen LogP contribution in [0.15, 0.2) is 30.9 Å². The van der Waals surface area contributed by atoms with Crippen molar-refractivity contribution in [3.63, 3.8) is 0 Å². The third kappa shape index (κ3) is 2.57. The Morgan fingerprint density at radius 3 is 3.00 bits per heavy atom. The van der Waals surface area contributed by atoms with E-state index in [9.17, 15) is 4.79 Å². The number of carbonyl (C=O) groups is 1. The van der Waals surface area contributed by atoms with Gasteiger partial charge >= 0.3 is 5.97 Å². The fourth-order valence-corrected chi connectivity index (χ4v) is 1.61. The van der Waals surface area contributed by atoms with E-state index in [1.165, 1.54) is 6.92 Å². The molecule has 16 heavy (non-hydrogen) atoms. The van der Waals surface area contributed by atoms with Crippen molar-refractivity contribution in [3.8, 4) is 11.6 Å². The van der Waals surface area contributed by atoms with E-state index >= 15 is 0 Å². The predicted molar refractivity (Wildman–Crippen MR) is 65.4 cm³/mol. The molecule has 5 nitrogen and oxygen atoms in total. The van der Waals surface area contributed by atoms with Crippen molar-refractivity contribution < 1.29 is 9.53 Å². The SMILES string of the molecule is CC(=O)Oc1ccn(-c2cncc(I)n2)c1. The van der Waals surface area contributed by atoms with Gasteiger partial charge in [-0.05, 0) is 28.7 Å². The van der Waals surface area contributed by atoms with Crippen LogP contribution >= 0.6 is 22.6 Å². The lowest BCUT2D eigenvalue weighted by Crippen LogP contribution is -2.00. The lowest BCUT2D eigenvalue weighted by molar-refractivity contribution is -0.131. The van der Waals surface area contributed by atoms with Crippen molar-refractivity contribution in [1.29, 1.82) is 0 Å². The summed E-state index contributed by atoms with van der Waals surface area (Å²) < 4.78 is 7.48. The summed E-state index contributed by atoms with van der Waals surface area (Å²) in [5.41, 5.74) is 0. The first-order chi connectivity index (χ1) is 7.65. The van der Waals surface area contributed by atoms with Crippen LogP contribution in [0.1, 0.15) is 6.92 Å². The van der Waals surface area contributed by atoms with Crippen molar-refractivity contribution in [3.05, 3.63) is 34.6 Å². The molecule has 2 aromatic rings. The molecule has 0 radical (unpaired) electrons. The predicted octanol–water partition coefficient (Wildman–Crippen LogP) is 1.80. The standard InChI is InChI=1S/C10H8IN3O2/c1-7(15)16-8-2-3-14(6-8)10-5-12-4-9(11)13-10/h2-6H,1H3. The Bertz CT molecular complexity index is 524. The Hall–Kier alpha value is -1.44. The minimum atomic E-state index is -0.341. The third-order valence-corrected chi connectivity index (χ3v) is 2.30. The lowest BCUT2D eigenvalue weighted by atomic mass is 10.6. The molecule has 0 aliphatic carbocycles. The number of hydrogen-bond donors (Lipinski definition) is 0. The van der Waals surface area contributed by atoms with Gasteiger partial charge in [0.25, 0.3) is 0 Å². The van der Waals surface area contributed by atoms with Crippen LogP contribution < -0.4 is 4.74 Å². The zero-order chi connectivity index (χ0) is 11.5. The second-order valence-corrected chi connectivity index (χ2v) is 4.15. The summed E-state index contributed by atoms with van der Waals surface area (Å²) in [6.07, 6.45) is 6.75. The van der Waals surface area contributed by atoms with Crippen LogP contribution in [0.5, 0.6) is 5.75 Å². The Balaban J connectivity index is 2.28. The first-order valence-electron chi connectivity index (χ1n) is 4.49. The van der Waals surface area contributed by atoms with Crippen LogP contribution in [0.2, 0.25) is 0 Å². The number of aromatic nitrogens is 3. The molecule has 2 rings (SSSR count). The van der Waals surface area contributed by atoms with Gasteiger partial charge < -0.3 is 9.30 Å². The largest absolute Gasteiger partial charge is 0.425 e. The second-order valence-electron chi connectivity index (χ2n) is 3.05. The topological polar surface area (TPSA) is 57.0 Å². The average molecular weight is 329 g/mol. The maximum absolute atomic E-state index is 10.8. The molecule has 0 aliphatic rings. The van der Waals surface area contributed by atoms with Crippen LogP contribution in [-0.2, 0) is 4.79 Å². The molecule has 2 heterocycles. The fourth-order valence-electron chi connectivity index (χ4n) is 1.20. The van der Waals surface area contributed by atoms with E-state index in [1.807, 2.05) is 0 Å². The third-order valence-electron chi connectivity index (χ3n) is 1.78. The number of esters is 1. The fraction of sp³-hybridized carbons (Fsp3) is 0.100. The number of nitrogens with zero attached hydrogens (tertiary/aromatic N) is 3. The summed E-state index contributed by atoms with van der Waals surface area (Å²) in [6, 6.07) is 1.70. The lowest BCUT2D eigenvalue weighted by Gasteiger charge is -2.00. The summed E-state index contributed by atoms with van der Waals surface area (Å²) in [5, 5.41) is 0. The van der Waals surface area contributed by atoms with Crippen LogP contribution in [-0.4, -0.2) is 20.5 Å². The molecule has 2 aromatic heterocycles. The summed E-state index contributed by atoms with van der Waals surface area (Å²) in [6.45, 7) is 1.36. The highest BCUT2D eigenvalue weighted by molar-refractivity contribution is 14.1.